The molecule has 3 aromatic rings. The fraction of sp³-hybridized carbons (Fsp3) is 0.391. The van der Waals surface area contributed by atoms with Crippen LogP contribution in [0.5, 0.6) is 0 Å². The second-order valence-corrected chi connectivity index (χ2v) is 8.98. The van der Waals surface area contributed by atoms with E-state index in [9.17, 15) is 4.79 Å². The molecule has 0 spiro atoms. The molecule has 5 heteroatoms. The van der Waals surface area contributed by atoms with Crippen LogP contribution in [0.2, 0.25) is 0 Å². The van der Waals surface area contributed by atoms with Crippen molar-refractivity contribution < 1.29 is 4.79 Å². The highest BCUT2D eigenvalue weighted by Crippen LogP contribution is 2.42. The Bertz CT molecular complexity index is 1010. The number of nitrogens with one attached hydrogen (secondary N) is 1. The minimum Gasteiger partial charge on any atom is -0.349 e. The third kappa shape index (κ3) is 3.08. The predicted molar refractivity (Wildman–Crippen MR) is 113 cm³/mol. The number of aryl methyl sites for hydroxylation is 2. The molecule has 1 amide bonds. The molecule has 5 rings (SSSR count). The summed E-state index contributed by atoms with van der Waals surface area (Å²) in [4.78, 5) is 14.9. The summed E-state index contributed by atoms with van der Waals surface area (Å²) in [5.41, 5.74) is 5.93. The molecule has 2 aromatic heterocycles. The first-order valence-corrected chi connectivity index (χ1v) is 11.1. The summed E-state index contributed by atoms with van der Waals surface area (Å²) in [5.74, 6) is 0.0981. The van der Waals surface area contributed by atoms with Gasteiger partial charge in [0, 0.05) is 16.5 Å². The number of hydrogen-bond donors (Lipinski definition) is 1. The molecule has 28 heavy (non-hydrogen) atoms. The Labute approximate surface area is 169 Å². The average molecular weight is 392 g/mol. The van der Waals surface area contributed by atoms with Gasteiger partial charge in [-0.1, -0.05) is 37.5 Å². The molecule has 0 aliphatic heterocycles. The van der Waals surface area contributed by atoms with Crippen molar-refractivity contribution in [2.24, 2.45) is 0 Å². The van der Waals surface area contributed by atoms with E-state index in [0.717, 1.165) is 41.9 Å². The highest BCUT2D eigenvalue weighted by atomic mass is 32.1. The number of para-hydroxylation sites is 1. The summed E-state index contributed by atoms with van der Waals surface area (Å²) in [6, 6.07) is 12.8. The number of hydrogen-bond acceptors (Lipinski definition) is 3. The topological polar surface area (TPSA) is 46.9 Å². The SMILES string of the molecule is Cc1nn(-c2ccccc2)c2c1-c1sc(C(=O)NC3CCCCC3)cc1CC2. The minimum atomic E-state index is 0.0981. The van der Waals surface area contributed by atoms with E-state index in [-0.39, 0.29) is 5.91 Å². The van der Waals surface area contributed by atoms with Crippen LogP contribution in [-0.2, 0) is 12.8 Å². The Balaban J connectivity index is 1.47. The average Bonchev–Trinajstić information content (AvgIpc) is 3.30. The highest BCUT2D eigenvalue weighted by molar-refractivity contribution is 7.17. The number of aromatic nitrogens is 2. The van der Waals surface area contributed by atoms with Crippen LogP contribution in [0.25, 0.3) is 16.1 Å². The van der Waals surface area contributed by atoms with Crippen LogP contribution in [0.1, 0.15) is 58.7 Å². The van der Waals surface area contributed by atoms with Crippen molar-refractivity contribution in [3.63, 3.8) is 0 Å². The summed E-state index contributed by atoms with van der Waals surface area (Å²) in [6.07, 6.45) is 7.91. The zero-order valence-electron chi connectivity index (χ0n) is 16.2. The Morgan fingerprint density at radius 3 is 2.71 bits per heavy atom. The molecule has 0 unspecified atom stereocenters. The van der Waals surface area contributed by atoms with E-state index in [1.54, 1.807) is 11.3 Å². The van der Waals surface area contributed by atoms with Crippen LogP contribution >= 0.6 is 11.3 Å². The number of rotatable bonds is 3. The molecule has 2 aliphatic carbocycles. The number of benzene rings is 1. The van der Waals surface area contributed by atoms with Gasteiger partial charge in [0.25, 0.3) is 5.91 Å². The summed E-state index contributed by atoms with van der Waals surface area (Å²) in [6.45, 7) is 2.08. The van der Waals surface area contributed by atoms with Gasteiger partial charge in [-0.05, 0) is 56.4 Å². The van der Waals surface area contributed by atoms with Gasteiger partial charge in [0.1, 0.15) is 0 Å². The van der Waals surface area contributed by atoms with Gasteiger partial charge in [0.15, 0.2) is 0 Å². The van der Waals surface area contributed by atoms with E-state index in [1.165, 1.54) is 41.0 Å². The van der Waals surface area contributed by atoms with Crippen LogP contribution in [0.4, 0.5) is 0 Å². The summed E-state index contributed by atoms with van der Waals surface area (Å²) in [7, 11) is 0. The number of nitrogens with zero attached hydrogens (tertiary/aromatic N) is 2. The molecule has 1 fully saturated rings. The van der Waals surface area contributed by atoms with Gasteiger partial charge >= 0.3 is 0 Å². The number of amides is 1. The summed E-state index contributed by atoms with van der Waals surface area (Å²) < 4.78 is 2.08. The Hall–Kier alpha value is -2.40. The molecule has 2 heterocycles. The van der Waals surface area contributed by atoms with Crippen molar-refractivity contribution in [2.75, 3.05) is 0 Å². The van der Waals surface area contributed by atoms with E-state index in [4.69, 9.17) is 5.10 Å². The van der Waals surface area contributed by atoms with Gasteiger partial charge in [-0.25, -0.2) is 4.68 Å². The first-order valence-electron chi connectivity index (χ1n) is 10.3. The molecule has 4 nitrogen and oxygen atoms in total. The third-order valence-electron chi connectivity index (χ3n) is 5.99. The number of carbonyl (C=O) groups is 1. The monoisotopic (exact) mass is 391 g/mol. The molecule has 2 aliphatic rings. The van der Waals surface area contributed by atoms with E-state index in [0.29, 0.717) is 6.04 Å². The zero-order chi connectivity index (χ0) is 19.1. The van der Waals surface area contributed by atoms with Crippen LogP contribution in [0.3, 0.4) is 0 Å². The van der Waals surface area contributed by atoms with Gasteiger partial charge in [0.05, 0.1) is 22.0 Å². The lowest BCUT2D eigenvalue weighted by molar-refractivity contribution is 0.0932. The summed E-state index contributed by atoms with van der Waals surface area (Å²) in [5, 5.41) is 8.10. The summed E-state index contributed by atoms with van der Waals surface area (Å²) >= 11 is 1.63. The number of thiophene rings is 1. The van der Waals surface area contributed by atoms with Crippen LogP contribution in [0, 0.1) is 6.92 Å². The smallest absolute Gasteiger partial charge is 0.261 e. The van der Waals surface area contributed by atoms with Gasteiger partial charge < -0.3 is 5.32 Å². The first kappa shape index (κ1) is 17.7. The zero-order valence-corrected chi connectivity index (χ0v) is 17.0. The Morgan fingerprint density at radius 1 is 1.14 bits per heavy atom. The molecule has 0 atom stereocenters. The van der Waals surface area contributed by atoms with E-state index >= 15 is 0 Å². The van der Waals surface area contributed by atoms with E-state index in [2.05, 4.69) is 35.1 Å². The van der Waals surface area contributed by atoms with E-state index < -0.39 is 0 Å². The van der Waals surface area contributed by atoms with Gasteiger partial charge in [-0.15, -0.1) is 11.3 Å². The molecule has 144 valence electrons. The quantitative estimate of drug-likeness (QED) is 0.677. The van der Waals surface area contributed by atoms with Crippen molar-refractivity contribution in [3.05, 3.63) is 58.2 Å². The molecule has 0 saturated heterocycles. The largest absolute Gasteiger partial charge is 0.349 e. The van der Waals surface area contributed by atoms with Crippen molar-refractivity contribution in [1.29, 1.82) is 0 Å². The highest BCUT2D eigenvalue weighted by Gasteiger charge is 2.28. The molecule has 1 aromatic carbocycles. The first-order chi connectivity index (χ1) is 13.7. The van der Waals surface area contributed by atoms with Crippen molar-refractivity contribution in [3.8, 4) is 16.1 Å². The van der Waals surface area contributed by atoms with Crippen molar-refractivity contribution in [1.82, 2.24) is 15.1 Å². The molecule has 1 saturated carbocycles. The molecular weight excluding hydrogens is 366 g/mol. The molecule has 0 bridgehead atoms. The molecule has 0 radical (unpaired) electrons. The second kappa shape index (κ2) is 7.21. The standard InChI is InChI=1S/C23H25N3OS/c1-15-21-19(26(25-15)18-10-6-3-7-11-18)13-12-16-14-20(28-22(16)21)23(27)24-17-8-4-2-5-9-17/h3,6-7,10-11,14,17H,2,4-5,8-9,12-13H2,1H3,(H,24,27). The lowest BCUT2D eigenvalue weighted by Gasteiger charge is -2.22. The third-order valence-corrected chi connectivity index (χ3v) is 7.18. The molecule has 1 N–H and O–H groups in total. The van der Waals surface area contributed by atoms with Crippen LogP contribution in [0.15, 0.2) is 36.4 Å². The van der Waals surface area contributed by atoms with Crippen molar-refractivity contribution >= 4 is 17.2 Å². The fourth-order valence-electron chi connectivity index (χ4n) is 4.58. The van der Waals surface area contributed by atoms with Crippen LogP contribution < -0.4 is 5.32 Å². The van der Waals surface area contributed by atoms with E-state index in [1.807, 2.05) is 18.2 Å². The van der Waals surface area contributed by atoms with Crippen molar-refractivity contribution in [2.45, 2.75) is 57.9 Å². The molecular formula is C23H25N3OS. The number of fused-ring (bicyclic) bond motifs is 3. The maximum absolute atomic E-state index is 12.8. The van der Waals surface area contributed by atoms with Crippen LogP contribution in [-0.4, -0.2) is 21.7 Å². The number of carbonyl (C=O) groups excluding carboxylic acids is 1. The Kier molecular flexibility index (Phi) is 4.55. The maximum atomic E-state index is 12.8. The van der Waals surface area contributed by atoms with Gasteiger partial charge in [-0.2, -0.15) is 5.10 Å². The van der Waals surface area contributed by atoms with Gasteiger partial charge in [-0.3, -0.25) is 4.79 Å². The lowest BCUT2D eigenvalue weighted by Crippen LogP contribution is -2.35. The van der Waals surface area contributed by atoms with Gasteiger partial charge in [0.2, 0.25) is 0 Å². The second-order valence-electron chi connectivity index (χ2n) is 7.93. The lowest BCUT2D eigenvalue weighted by atomic mass is 9.94. The normalized spacial score (nSPS) is 16.5. The minimum absolute atomic E-state index is 0.0981. The maximum Gasteiger partial charge on any atom is 0.261 e. The predicted octanol–water partition coefficient (Wildman–Crippen LogP) is 5.07. The Morgan fingerprint density at radius 2 is 1.93 bits per heavy atom. The fourth-order valence-corrected chi connectivity index (χ4v) is 5.81.